The van der Waals surface area contributed by atoms with Gasteiger partial charge in [-0.05, 0) is 6.42 Å². The first kappa shape index (κ1) is 18.4. The Bertz CT molecular complexity index is 384. The van der Waals surface area contributed by atoms with Gasteiger partial charge in [-0.3, -0.25) is 14.4 Å². The Morgan fingerprint density at radius 3 is 2.35 bits per heavy atom. The number of thioether (sulfide) groups is 1. The molecule has 0 rings (SSSR count). The van der Waals surface area contributed by atoms with Crippen LogP contribution in [0.15, 0.2) is 0 Å². The van der Waals surface area contributed by atoms with E-state index in [2.05, 4.69) is 10.1 Å². The number of carbonyl (C=O) groups excluding carboxylic acids is 3. The topological polar surface area (TPSA) is 110 Å². The Morgan fingerprint density at radius 1 is 1.30 bits per heavy atom. The summed E-state index contributed by atoms with van der Waals surface area (Å²) < 4.78 is 4.41. The molecule has 8 heteroatoms. The van der Waals surface area contributed by atoms with E-state index in [-0.39, 0.29) is 23.7 Å². The minimum atomic E-state index is -1.21. The number of aliphatic carboxylic acids is 1. The van der Waals surface area contributed by atoms with Crippen LogP contribution in [0.5, 0.6) is 0 Å². The number of carbonyl (C=O) groups is 4. The first-order valence-electron chi connectivity index (χ1n) is 6.01. The average molecular weight is 305 g/mol. The fourth-order valence-electron chi connectivity index (χ4n) is 1.25. The van der Waals surface area contributed by atoms with Gasteiger partial charge in [-0.1, -0.05) is 18.7 Å². The van der Waals surface area contributed by atoms with Gasteiger partial charge in [0.15, 0.2) is 5.12 Å². The second kappa shape index (κ2) is 9.35. The number of ether oxygens (including phenoxy) is 1. The zero-order chi connectivity index (χ0) is 15.7. The van der Waals surface area contributed by atoms with E-state index in [9.17, 15) is 19.2 Å². The summed E-state index contributed by atoms with van der Waals surface area (Å²) in [6.07, 6.45) is -0.134. The van der Waals surface area contributed by atoms with Crippen molar-refractivity contribution in [3.8, 4) is 0 Å². The molecular weight excluding hydrogens is 286 g/mol. The van der Waals surface area contributed by atoms with E-state index < -0.39 is 29.8 Å². The van der Waals surface area contributed by atoms with Crippen molar-refractivity contribution in [3.63, 3.8) is 0 Å². The quantitative estimate of drug-likeness (QED) is 0.625. The number of carboxylic acids is 1. The maximum Gasteiger partial charge on any atom is 0.326 e. The zero-order valence-corrected chi connectivity index (χ0v) is 12.5. The number of methoxy groups -OCH3 is 1. The van der Waals surface area contributed by atoms with E-state index in [0.29, 0.717) is 0 Å². The predicted octanol–water partition coefficient (Wildman–Crippen LogP) is 0.425. The summed E-state index contributed by atoms with van der Waals surface area (Å²) in [5.74, 6) is -2.43. The molecule has 0 aliphatic rings. The molecule has 0 saturated heterocycles. The number of carboxylic acid groups (broad SMARTS) is 1. The fourth-order valence-corrected chi connectivity index (χ4v) is 1.89. The highest BCUT2D eigenvalue weighted by Gasteiger charge is 2.24. The van der Waals surface area contributed by atoms with Gasteiger partial charge in [-0.2, -0.15) is 0 Å². The molecule has 20 heavy (non-hydrogen) atoms. The van der Waals surface area contributed by atoms with E-state index in [4.69, 9.17) is 5.11 Å². The van der Waals surface area contributed by atoms with Crippen LogP contribution in [0.25, 0.3) is 0 Å². The summed E-state index contributed by atoms with van der Waals surface area (Å²) in [6.45, 7) is 3.00. The monoisotopic (exact) mass is 305 g/mol. The third-order valence-corrected chi connectivity index (χ3v) is 3.54. The first-order chi connectivity index (χ1) is 9.27. The SMILES string of the molecule is COC(=O)CC[C@H](NC(=O)[C@H](C)CSC(C)=O)C(=O)O. The van der Waals surface area contributed by atoms with Crippen molar-refractivity contribution < 1.29 is 29.0 Å². The maximum atomic E-state index is 11.8. The van der Waals surface area contributed by atoms with Crippen LogP contribution in [-0.2, 0) is 23.9 Å². The van der Waals surface area contributed by atoms with Crippen molar-refractivity contribution in [1.82, 2.24) is 5.32 Å². The van der Waals surface area contributed by atoms with Gasteiger partial charge in [-0.15, -0.1) is 0 Å². The molecule has 1 amide bonds. The Morgan fingerprint density at radius 2 is 1.90 bits per heavy atom. The highest BCUT2D eigenvalue weighted by molar-refractivity contribution is 8.13. The molecule has 0 bridgehead atoms. The molecule has 0 heterocycles. The zero-order valence-electron chi connectivity index (χ0n) is 11.7. The van der Waals surface area contributed by atoms with Crippen LogP contribution in [0, 0.1) is 5.92 Å². The molecule has 0 aliphatic carbocycles. The molecule has 114 valence electrons. The molecule has 0 unspecified atom stereocenters. The highest BCUT2D eigenvalue weighted by Crippen LogP contribution is 2.10. The van der Waals surface area contributed by atoms with E-state index in [1.165, 1.54) is 14.0 Å². The van der Waals surface area contributed by atoms with E-state index >= 15 is 0 Å². The molecule has 0 aromatic carbocycles. The molecule has 0 saturated carbocycles. The van der Waals surface area contributed by atoms with Gasteiger partial charge in [0.25, 0.3) is 0 Å². The molecular formula is C12H19NO6S. The van der Waals surface area contributed by atoms with Crippen LogP contribution in [0.1, 0.15) is 26.7 Å². The summed E-state index contributed by atoms with van der Waals surface area (Å²) in [4.78, 5) is 44.5. The fraction of sp³-hybridized carbons (Fsp3) is 0.667. The Kier molecular flexibility index (Phi) is 8.62. The molecule has 2 N–H and O–H groups in total. The largest absolute Gasteiger partial charge is 0.480 e. The van der Waals surface area contributed by atoms with Crippen molar-refractivity contribution in [3.05, 3.63) is 0 Å². The third-order valence-electron chi connectivity index (χ3n) is 2.46. The second-order valence-electron chi connectivity index (χ2n) is 4.22. The molecule has 0 aliphatic heterocycles. The predicted molar refractivity (Wildman–Crippen MR) is 73.1 cm³/mol. The van der Waals surface area contributed by atoms with Gasteiger partial charge in [0.1, 0.15) is 6.04 Å². The average Bonchev–Trinajstić information content (AvgIpc) is 2.39. The van der Waals surface area contributed by atoms with Gasteiger partial charge in [-0.25, -0.2) is 4.79 Å². The lowest BCUT2D eigenvalue weighted by atomic mass is 10.1. The first-order valence-corrected chi connectivity index (χ1v) is 6.99. The number of rotatable bonds is 8. The van der Waals surface area contributed by atoms with Crippen LogP contribution in [-0.4, -0.2) is 47.0 Å². The summed E-state index contributed by atoms with van der Waals surface area (Å²) in [7, 11) is 1.21. The summed E-state index contributed by atoms with van der Waals surface area (Å²) >= 11 is 1.00. The summed E-state index contributed by atoms with van der Waals surface area (Å²) in [5.41, 5.74) is 0. The third kappa shape index (κ3) is 7.78. The number of amides is 1. The van der Waals surface area contributed by atoms with Crippen molar-refractivity contribution in [2.75, 3.05) is 12.9 Å². The molecule has 0 aromatic heterocycles. The lowest BCUT2D eigenvalue weighted by Crippen LogP contribution is -2.43. The van der Waals surface area contributed by atoms with E-state index in [1.807, 2.05) is 0 Å². The standard InChI is InChI=1S/C12H19NO6S/c1-7(6-20-8(2)14)11(16)13-9(12(17)18)4-5-10(15)19-3/h7,9H,4-6H2,1-3H3,(H,13,16)(H,17,18)/t7-,9+/m1/s1. The number of hydrogen-bond acceptors (Lipinski definition) is 6. The lowest BCUT2D eigenvalue weighted by molar-refractivity contribution is -0.144. The van der Waals surface area contributed by atoms with Crippen molar-refractivity contribution in [2.24, 2.45) is 5.92 Å². The lowest BCUT2D eigenvalue weighted by Gasteiger charge is -2.17. The molecule has 0 radical (unpaired) electrons. The van der Waals surface area contributed by atoms with Gasteiger partial charge in [0.2, 0.25) is 5.91 Å². The molecule has 0 aromatic rings. The molecule has 7 nitrogen and oxygen atoms in total. The highest BCUT2D eigenvalue weighted by atomic mass is 32.2. The number of nitrogens with one attached hydrogen (secondary N) is 1. The minimum absolute atomic E-state index is 0.0414. The maximum absolute atomic E-state index is 11.8. The van der Waals surface area contributed by atoms with Crippen LogP contribution in [0.3, 0.4) is 0 Å². The smallest absolute Gasteiger partial charge is 0.326 e. The van der Waals surface area contributed by atoms with E-state index in [0.717, 1.165) is 11.8 Å². The Balaban J connectivity index is 4.36. The van der Waals surface area contributed by atoms with Crippen LogP contribution >= 0.6 is 11.8 Å². The van der Waals surface area contributed by atoms with Gasteiger partial charge >= 0.3 is 11.9 Å². The van der Waals surface area contributed by atoms with Crippen molar-refractivity contribution >= 4 is 34.7 Å². The second-order valence-corrected chi connectivity index (χ2v) is 5.41. The minimum Gasteiger partial charge on any atom is -0.480 e. The number of hydrogen-bond donors (Lipinski definition) is 2. The normalized spacial score (nSPS) is 13.2. The van der Waals surface area contributed by atoms with Crippen molar-refractivity contribution in [1.29, 1.82) is 0 Å². The van der Waals surface area contributed by atoms with Crippen molar-refractivity contribution in [2.45, 2.75) is 32.7 Å². The molecule has 0 spiro atoms. The summed E-state index contributed by atoms with van der Waals surface area (Å²) in [6, 6.07) is -1.15. The van der Waals surface area contributed by atoms with Gasteiger partial charge < -0.3 is 15.2 Å². The number of esters is 1. The molecule has 0 fully saturated rings. The van der Waals surface area contributed by atoms with Gasteiger partial charge in [0, 0.05) is 25.0 Å². The van der Waals surface area contributed by atoms with Crippen LogP contribution < -0.4 is 5.32 Å². The van der Waals surface area contributed by atoms with Crippen LogP contribution in [0.2, 0.25) is 0 Å². The summed E-state index contributed by atoms with van der Waals surface area (Å²) in [5, 5.41) is 11.2. The van der Waals surface area contributed by atoms with E-state index in [1.54, 1.807) is 6.92 Å². The Labute approximate surface area is 121 Å². The van der Waals surface area contributed by atoms with Gasteiger partial charge in [0.05, 0.1) is 7.11 Å². The van der Waals surface area contributed by atoms with Crippen LogP contribution in [0.4, 0.5) is 0 Å². The molecule has 2 atom stereocenters. The Hall–Kier alpha value is -1.57.